The van der Waals surface area contributed by atoms with Crippen molar-refractivity contribution in [1.82, 2.24) is 4.57 Å². The van der Waals surface area contributed by atoms with Gasteiger partial charge in [-0.15, -0.1) is 0 Å². The van der Waals surface area contributed by atoms with E-state index in [2.05, 4.69) is 27.7 Å². The smallest absolute Gasteiger partial charge is 0.419 e. The number of rotatable bonds is 2. The molecule has 4 nitrogen and oxygen atoms in total. The third-order valence-electron chi connectivity index (χ3n) is 3.00. The number of carbonyl (C=O) groups is 1. The fourth-order valence-corrected chi connectivity index (χ4v) is 2.27. The fourth-order valence-electron chi connectivity index (χ4n) is 2.27. The fraction of sp³-hybridized carbons (Fsp3) is 0.591. The average Bonchev–Trinajstić information content (AvgIpc) is 2.88. The summed E-state index contributed by atoms with van der Waals surface area (Å²) in [5.74, 6) is 1.04. The monoisotopic (exact) mass is 363 g/mol. The Labute approximate surface area is 159 Å². The number of aromatic hydroxyl groups is 1. The van der Waals surface area contributed by atoms with Gasteiger partial charge >= 0.3 is 6.09 Å². The lowest BCUT2D eigenvalue weighted by molar-refractivity contribution is 0.0544. The molecule has 1 aromatic carbocycles. The lowest BCUT2D eigenvalue weighted by Gasteiger charge is -2.19. The molecule has 1 N–H and O–H groups in total. The molecule has 0 bridgehead atoms. The number of carbonyl (C=O) groups excluding carboxylic acids is 1. The quantitative estimate of drug-likeness (QED) is 0.640. The lowest BCUT2D eigenvalue weighted by atomic mass is 10.1. The van der Waals surface area contributed by atoms with Crippen molar-refractivity contribution in [3.05, 3.63) is 30.0 Å². The molecule has 1 aromatic heterocycles. The Kier molecular flexibility index (Phi) is 10.1. The predicted octanol–water partition coefficient (Wildman–Crippen LogP) is 6.77. The van der Waals surface area contributed by atoms with E-state index in [9.17, 15) is 9.90 Å². The number of benzene rings is 1. The van der Waals surface area contributed by atoms with Crippen LogP contribution in [0.4, 0.5) is 4.79 Å². The molecule has 2 aromatic rings. The summed E-state index contributed by atoms with van der Waals surface area (Å²) in [6.07, 6.45) is 3.10. The molecule has 0 aliphatic heterocycles. The minimum atomic E-state index is -0.546. The molecular formula is C22H37NO3. The number of nitrogens with zero attached hydrogens (tertiary/aromatic N) is 1. The SMILES string of the molecule is CC.CC(C)C.CCCc1cn(C(=O)OC(C)(C)C)c2cccc(O)c12. The largest absolute Gasteiger partial charge is 0.507 e. The molecule has 0 unspecified atom stereocenters. The van der Waals surface area contributed by atoms with Gasteiger partial charge in [0.25, 0.3) is 0 Å². The van der Waals surface area contributed by atoms with E-state index in [1.807, 2.05) is 40.7 Å². The highest BCUT2D eigenvalue weighted by atomic mass is 16.6. The molecule has 26 heavy (non-hydrogen) atoms. The first kappa shape index (κ1) is 24.0. The molecule has 0 spiro atoms. The summed E-state index contributed by atoms with van der Waals surface area (Å²) in [6.45, 7) is 18.1. The normalized spacial score (nSPS) is 10.7. The molecule has 0 aliphatic carbocycles. The van der Waals surface area contributed by atoms with Gasteiger partial charge in [-0.05, 0) is 50.8 Å². The van der Waals surface area contributed by atoms with E-state index < -0.39 is 11.7 Å². The number of phenols is 1. The van der Waals surface area contributed by atoms with E-state index >= 15 is 0 Å². The number of phenolic OH excluding ortho intramolecular Hbond substituents is 1. The highest BCUT2D eigenvalue weighted by Gasteiger charge is 2.21. The Balaban J connectivity index is 0.000000920. The summed E-state index contributed by atoms with van der Waals surface area (Å²) in [4.78, 5) is 12.3. The Morgan fingerprint density at radius 3 is 2.19 bits per heavy atom. The third-order valence-corrected chi connectivity index (χ3v) is 3.00. The van der Waals surface area contributed by atoms with Crippen LogP contribution in [0.1, 0.15) is 74.3 Å². The van der Waals surface area contributed by atoms with E-state index in [1.54, 1.807) is 18.3 Å². The van der Waals surface area contributed by atoms with Crippen LogP contribution in [0.5, 0.6) is 5.75 Å². The molecular weight excluding hydrogens is 326 g/mol. The van der Waals surface area contributed by atoms with Crippen LogP contribution in [0.3, 0.4) is 0 Å². The van der Waals surface area contributed by atoms with Gasteiger partial charge in [-0.25, -0.2) is 4.79 Å². The molecule has 0 amide bonds. The molecule has 148 valence electrons. The molecule has 0 saturated carbocycles. The molecule has 0 radical (unpaired) electrons. The molecule has 0 fully saturated rings. The summed E-state index contributed by atoms with van der Waals surface area (Å²) < 4.78 is 6.88. The zero-order valence-electron chi connectivity index (χ0n) is 18.0. The molecule has 0 atom stereocenters. The topological polar surface area (TPSA) is 51.5 Å². The minimum Gasteiger partial charge on any atom is -0.507 e. The van der Waals surface area contributed by atoms with Gasteiger partial charge in [0.2, 0.25) is 0 Å². The lowest BCUT2D eigenvalue weighted by Crippen LogP contribution is -2.26. The van der Waals surface area contributed by atoms with E-state index in [-0.39, 0.29) is 5.75 Å². The van der Waals surface area contributed by atoms with E-state index in [0.29, 0.717) is 5.52 Å². The second-order valence-corrected chi connectivity index (χ2v) is 7.66. The van der Waals surface area contributed by atoms with E-state index in [0.717, 1.165) is 29.7 Å². The molecule has 0 saturated heterocycles. The number of aryl methyl sites for hydroxylation is 1. The summed E-state index contributed by atoms with van der Waals surface area (Å²) in [6, 6.07) is 5.19. The van der Waals surface area contributed by atoms with Crippen LogP contribution in [0.25, 0.3) is 10.9 Å². The maximum absolute atomic E-state index is 12.3. The van der Waals surface area contributed by atoms with Crippen LogP contribution in [0.2, 0.25) is 0 Å². The summed E-state index contributed by atoms with van der Waals surface area (Å²) in [5, 5.41) is 10.8. The van der Waals surface area contributed by atoms with Crippen LogP contribution >= 0.6 is 0 Å². The van der Waals surface area contributed by atoms with Gasteiger partial charge in [0.05, 0.1) is 5.52 Å². The van der Waals surface area contributed by atoms with Crippen molar-refractivity contribution in [2.75, 3.05) is 0 Å². The number of ether oxygens (including phenoxy) is 1. The van der Waals surface area contributed by atoms with Gasteiger partial charge < -0.3 is 9.84 Å². The zero-order chi connectivity index (χ0) is 20.5. The standard InChI is InChI=1S/C16H21NO3.C4H10.C2H6/c1-5-7-11-10-17(15(19)20-16(2,3)4)12-8-6-9-13(18)14(11)12;1-4(2)3;1-2/h6,8-10,18H,5,7H2,1-4H3;4H,1-3H3;1-2H3. The van der Waals surface area contributed by atoms with Gasteiger partial charge in [-0.3, -0.25) is 4.57 Å². The Morgan fingerprint density at radius 2 is 1.73 bits per heavy atom. The Bertz CT molecular complexity index is 676. The number of hydrogen-bond acceptors (Lipinski definition) is 3. The van der Waals surface area contributed by atoms with Crippen molar-refractivity contribution in [1.29, 1.82) is 0 Å². The predicted molar refractivity (Wildman–Crippen MR) is 111 cm³/mol. The van der Waals surface area contributed by atoms with Crippen LogP contribution in [0, 0.1) is 5.92 Å². The highest BCUT2D eigenvalue weighted by molar-refractivity contribution is 5.95. The maximum atomic E-state index is 12.3. The second-order valence-electron chi connectivity index (χ2n) is 7.66. The summed E-state index contributed by atoms with van der Waals surface area (Å²) >= 11 is 0. The Morgan fingerprint density at radius 1 is 1.19 bits per heavy atom. The summed E-state index contributed by atoms with van der Waals surface area (Å²) in [7, 11) is 0. The maximum Gasteiger partial charge on any atom is 0.419 e. The molecule has 1 heterocycles. The van der Waals surface area contributed by atoms with Crippen molar-refractivity contribution < 1.29 is 14.6 Å². The van der Waals surface area contributed by atoms with Crippen molar-refractivity contribution in [2.24, 2.45) is 5.92 Å². The number of fused-ring (bicyclic) bond motifs is 1. The average molecular weight is 364 g/mol. The highest BCUT2D eigenvalue weighted by Crippen LogP contribution is 2.31. The molecule has 2 rings (SSSR count). The van der Waals surface area contributed by atoms with Crippen molar-refractivity contribution in [2.45, 2.75) is 80.8 Å². The first-order valence-electron chi connectivity index (χ1n) is 9.62. The van der Waals surface area contributed by atoms with E-state index in [4.69, 9.17) is 4.74 Å². The first-order chi connectivity index (χ1) is 12.1. The Hall–Kier alpha value is -1.97. The third kappa shape index (κ3) is 7.51. The van der Waals surface area contributed by atoms with Gasteiger partial charge in [-0.1, -0.05) is 54.0 Å². The van der Waals surface area contributed by atoms with Crippen LogP contribution in [-0.4, -0.2) is 21.4 Å². The van der Waals surface area contributed by atoms with Gasteiger partial charge in [0, 0.05) is 11.6 Å². The number of hydrogen-bond donors (Lipinski definition) is 1. The first-order valence-corrected chi connectivity index (χ1v) is 9.62. The van der Waals surface area contributed by atoms with E-state index in [1.165, 1.54) is 4.57 Å². The summed E-state index contributed by atoms with van der Waals surface area (Å²) in [5.41, 5.74) is 1.10. The van der Waals surface area contributed by atoms with Crippen LogP contribution in [-0.2, 0) is 11.2 Å². The zero-order valence-corrected chi connectivity index (χ0v) is 18.0. The van der Waals surface area contributed by atoms with Crippen molar-refractivity contribution in [3.8, 4) is 5.75 Å². The van der Waals surface area contributed by atoms with Crippen molar-refractivity contribution in [3.63, 3.8) is 0 Å². The molecule has 0 aliphatic rings. The van der Waals surface area contributed by atoms with Crippen LogP contribution < -0.4 is 0 Å². The minimum absolute atomic E-state index is 0.202. The second kappa shape index (κ2) is 10.9. The number of aromatic nitrogens is 1. The van der Waals surface area contributed by atoms with Crippen molar-refractivity contribution >= 4 is 17.0 Å². The van der Waals surface area contributed by atoms with Crippen LogP contribution in [0.15, 0.2) is 24.4 Å². The van der Waals surface area contributed by atoms with Gasteiger partial charge in [-0.2, -0.15) is 0 Å². The van der Waals surface area contributed by atoms with Gasteiger partial charge in [0.15, 0.2) is 0 Å². The molecule has 4 heteroatoms. The van der Waals surface area contributed by atoms with Gasteiger partial charge in [0.1, 0.15) is 11.4 Å².